The minimum atomic E-state index is -3.89. The van der Waals surface area contributed by atoms with Crippen molar-refractivity contribution in [3.05, 3.63) is 33.8 Å². The van der Waals surface area contributed by atoms with Crippen molar-refractivity contribution in [3.63, 3.8) is 0 Å². The molecule has 9 heteroatoms. The maximum absolute atomic E-state index is 12.1. The molecule has 0 spiro atoms. The zero-order valence-corrected chi connectivity index (χ0v) is 12.0. The molecule has 19 heavy (non-hydrogen) atoms. The van der Waals surface area contributed by atoms with Gasteiger partial charge in [0.2, 0.25) is 5.13 Å². The van der Waals surface area contributed by atoms with Gasteiger partial charge in [-0.1, -0.05) is 22.9 Å². The molecule has 1 aromatic heterocycles. The quantitative estimate of drug-likeness (QED) is 0.936. The van der Waals surface area contributed by atoms with E-state index in [1.54, 1.807) is 6.92 Å². The average Bonchev–Trinajstić information content (AvgIpc) is 2.74. The fourth-order valence-electron chi connectivity index (χ4n) is 1.29. The molecule has 0 aliphatic rings. The first kappa shape index (κ1) is 13.7. The number of nitriles is 1. The Balaban J connectivity index is 2.42. The van der Waals surface area contributed by atoms with Crippen molar-refractivity contribution in [1.82, 2.24) is 10.2 Å². The molecule has 0 radical (unpaired) electrons. The van der Waals surface area contributed by atoms with E-state index in [1.165, 1.54) is 18.2 Å². The van der Waals surface area contributed by atoms with Gasteiger partial charge in [-0.15, -0.1) is 10.2 Å². The minimum Gasteiger partial charge on any atom is -0.253 e. The number of sulfonamides is 1. The molecule has 98 valence electrons. The van der Waals surface area contributed by atoms with E-state index < -0.39 is 10.0 Å². The maximum Gasteiger partial charge on any atom is 0.265 e. The third kappa shape index (κ3) is 3.01. The molecule has 0 bridgehead atoms. The summed E-state index contributed by atoms with van der Waals surface area (Å²) in [7, 11) is -3.89. The summed E-state index contributed by atoms with van der Waals surface area (Å²) in [4.78, 5) is -0.166. The molecule has 2 rings (SSSR count). The van der Waals surface area contributed by atoms with E-state index in [-0.39, 0.29) is 20.6 Å². The van der Waals surface area contributed by atoms with Gasteiger partial charge in [-0.3, -0.25) is 4.72 Å². The van der Waals surface area contributed by atoms with E-state index in [4.69, 9.17) is 16.9 Å². The number of rotatable bonds is 3. The molecule has 0 unspecified atom stereocenters. The molecule has 1 heterocycles. The molecule has 0 saturated heterocycles. The van der Waals surface area contributed by atoms with Gasteiger partial charge in [0, 0.05) is 0 Å². The Bertz CT molecular complexity index is 764. The standard InChI is InChI=1S/C10H7ClN4O2S2/c1-6-13-14-10(18-6)15-19(16,17)9-4-7(5-12)2-3-8(9)11/h2-4H,1H3,(H,14,15). The summed E-state index contributed by atoms with van der Waals surface area (Å²) in [6, 6.07) is 5.87. The predicted octanol–water partition coefficient (Wildman–Crippen LogP) is 2.17. The van der Waals surface area contributed by atoms with Gasteiger partial charge in [0.1, 0.15) is 9.90 Å². The van der Waals surface area contributed by atoms with Crippen LogP contribution in [-0.4, -0.2) is 18.6 Å². The first-order valence-corrected chi connectivity index (χ1v) is 7.63. The summed E-state index contributed by atoms with van der Waals surface area (Å²) in [6.45, 7) is 1.71. The van der Waals surface area contributed by atoms with Gasteiger partial charge < -0.3 is 0 Å². The predicted molar refractivity (Wildman–Crippen MR) is 71.6 cm³/mol. The molecule has 0 aliphatic carbocycles. The summed E-state index contributed by atoms with van der Waals surface area (Å²) < 4.78 is 26.5. The van der Waals surface area contributed by atoms with Crippen LogP contribution in [0.5, 0.6) is 0 Å². The number of halogens is 1. The molecule has 1 aromatic carbocycles. The van der Waals surface area contributed by atoms with Gasteiger partial charge in [-0.05, 0) is 25.1 Å². The number of hydrogen-bond acceptors (Lipinski definition) is 6. The molecule has 2 aromatic rings. The van der Waals surface area contributed by atoms with Crippen molar-refractivity contribution >= 4 is 38.1 Å². The maximum atomic E-state index is 12.1. The lowest BCUT2D eigenvalue weighted by molar-refractivity contribution is 0.601. The topological polar surface area (TPSA) is 95.7 Å². The molecule has 0 fully saturated rings. The lowest BCUT2D eigenvalue weighted by Gasteiger charge is -2.06. The van der Waals surface area contributed by atoms with Crippen LogP contribution in [0.1, 0.15) is 10.6 Å². The fourth-order valence-corrected chi connectivity index (χ4v) is 3.64. The van der Waals surface area contributed by atoms with Crippen LogP contribution in [0.15, 0.2) is 23.1 Å². The SMILES string of the molecule is Cc1nnc(NS(=O)(=O)c2cc(C#N)ccc2Cl)s1. The smallest absolute Gasteiger partial charge is 0.253 e. The van der Waals surface area contributed by atoms with Crippen LogP contribution in [0.25, 0.3) is 0 Å². The van der Waals surface area contributed by atoms with Gasteiger partial charge in [-0.25, -0.2) is 8.42 Å². The Morgan fingerprint density at radius 3 is 2.74 bits per heavy atom. The van der Waals surface area contributed by atoms with Gasteiger partial charge in [0.15, 0.2) is 0 Å². The van der Waals surface area contributed by atoms with E-state index >= 15 is 0 Å². The van der Waals surface area contributed by atoms with Crippen LogP contribution in [0.3, 0.4) is 0 Å². The van der Waals surface area contributed by atoms with Crippen LogP contribution >= 0.6 is 22.9 Å². The first-order valence-electron chi connectivity index (χ1n) is 4.95. The minimum absolute atomic E-state index is 0.0349. The summed E-state index contributed by atoms with van der Waals surface area (Å²) in [5.74, 6) is 0. The van der Waals surface area contributed by atoms with Crippen molar-refractivity contribution in [2.45, 2.75) is 11.8 Å². The summed E-state index contributed by atoms with van der Waals surface area (Å²) >= 11 is 6.95. The van der Waals surface area contributed by atoms with Crippen LogP contribution in [0.4, 0.5) is 5.13 Å². The Kier molecular flexibility index (Phi) is 3.71. The number of benzene rings is 1. The Hall–Kier alpha value is -1.69. The summed E-state index contributed by atoms with van der Waals surface area (Å²) in [5.41, 5.74) is 0.207. The van der Waals surface area contributed by atoms with Crippen molar-refractivity contribution < 1.29 is 8.42 Å². The van der Waals surface area contributed by atoms with E-state index in [0.29, 0.717) is 5.01 Å². The Labute approximate surface area is 118 Å². The van der Waals surface area contributed by atoms with Crippen molar-refractivity contribution in [1.29, 1.82) is 5.26 Å². The second-order valence-corrected chi connectivity index (χ2v) is 6.73. The molecule has 1 N–H and O–H groups in total. The highest BCUT2D eigenvalue weighted by atomic mass is 35.5. The summed E-state index contributed by atoms with van der Waals surface area (Å²) in [6.07, 6.45) is 0. The number of aromatic nitrogens is 2. The largest absolute Gasteiger partial charge is 0.265 e. The number of hydrogen-bond donors (Lipinski definition) is 1. The fraction of sp³-hybridized carbons (Fsp3) is 0.100. The lowest BCUT2D eigenvalue weighted by atomic mass is 10.2. The van der Waals surface area contributed by atoms with Crippen molar-refractivity contribution in [3.8, 4) is 6.07 Å². The highest BCUT2D eigenvalue weighted by Gasteiger charge is 2.20. The Morgan fingerprint density at radius 1 is 1.42 bits per heavy atom. The van der Waals surface area contributed by atoms with Crippen LogP contribution in [-0.2, 0) is 10.0 Å². The molecule has 0 atom stereocenters. The van der Waals surface area contributed by atoms with E-state index in [0.717, 1.165) is 11.3 Å². The van der Waals surface area contributed by atoms with Gasteiger partial charge in [0.25, 0.3) is 10.0 Å². The average molecular weight is 315 g/mol. The second-order valence-electron chi connectivity index (χ2n) is 3.49. The van der Waals surface area contributed by atoms with Crippen LogP contribution in [0, 0.1) is 18.3 Å². The van der Waals surface area contributed by atoms with E-state index in [2.05, 4.69) is 14.9 Å². The monoisotopic (exact) mass is 314 g/mol. The third-order valence-electron chi connectivity index (χ3n) is 2.10. The normalized spacial score (nSPS) is 11.0. The van der Waals surface area contributed by atoms with Crippen molar-refractivity contribution in [2.75, 3.05) is 4.72 Å². The molecule has 0 aliphatic heterocycles. The van der Waals surface area contributed by atoms with Crippen LogP contribution in [0.2, 0.25) is 5.02 Å². The molecular formula is C10H7ClN4O2S2. The van der Waals surface area contributed by atoms with Gasteiger partial charge in [-0.2, -0.15) is 5.26 Å². The molecule has 6 nitrogen and oxygen atoms in total. The first-order chi connectivity index (χ1) is 8.92. The third-order valence-corrected chi connectivity index (χ3v) is 4.80. The number of aryl methyl sites for hydroxylation is 1. The number of nitrogens with one attached hydrogen (secondary N) is 1. The van der Waals surface area contributed by atoms with E-state index in [1.807, 2.05) is 6.07 Å². The number of anilines is 1. The lowest BCUT2D eigenvalue weighted by Crippen LogP contribution is -2.13. The van der Waals surface area contributed by atoms with Gasteiger partial charge in [0.05, 0.1) is 16.7 Å². The van der Waals surface area contributed by atoms with Gasteiger partial charge >= 0.3 is 0 Å². The highest BCUT2D eigenvalue weighted by molar-refractivity contribution is 7.93. The zero-order chi connectivity index (χ0) is 14.0. The molecule has 0 amide bonds. The molecular weight excluding hydrogens is 308 g/mol. The molecule has 0 saturated carbocycles. The van der Waals surface area contributed by atoms with E-state index in [9.17, 15) is 8.42 Å². The second kappa shape index (κ2) is 5.13. The summed E-state index contributed by atoms with van der Waals surface area (Å²) in [5, 5.41) is 17.0. The van der Waals surface area contributed by atoms with Crippen LogP contribution < -0.4 is 4.72 Å². The highest BCUT2D eigenvalue weighted by Crippen LogP contribution is 2.25. The Morgan fingerprint density at radius 2 is 2.16 bits per heavy atom. The zero-order valence-electron chi connectivity index (χ0n) is 9.58. The number of nitrogens with zero attached hydrogens (tertiary/aromatic N) is 3. The van der Waals surface area contributed by atoms with Crippen molar-refractivity contribution in [2.24, 2.45) is 0 Å².